The fourth-order valence-electron chi connectivity index (χ4n) is 1.56. The van der Waals surface area contributed by atoms with Crippen molar-refractivity contribution in [3.8, 4) is 0 Å². The molecule has 1 heterocycles. The molecule has 1 rings (SSSR count). The Morgan fingerprint density at radius 2 is 2.05 bits per heavy atom. The van der Waals surface area contributed by atoms with Gasteiger partial charge in [-0.05, 0) is 32.9 Å². The minimum absolute atomic E-state index is 0.204. The summed E-state index contributed by atoms with van der Waals surface area (Å²) < 4.78 is 0. The maximum absolute atomic E-state index is 12.1. The minimum atomic E-state index is -0.581. The van der Waals surface area contributed by atoms with Gasteiger partial charge in [0.15, 0.2) is 0 Å². The maximum Gasteiger partial charge on any atom is 0.255 e. The van der Waals surface area contributed by atoms with E-state index in [1.807, 2.05) is 13.8 Å². The van der Waals surface area contributed by atoms with Crippen molar-refractivity contribution in [1.29, 1.82) is 0 Å². The molecule has 0 radical (unpaired) electrons. The first-order valence-electron chi connectivity index (χ1n) is 6.37. The number of carbonyl (C=O) groups is 2. The van der Waals surface area contributed by atoms with E-state index in [9.17, 15) is 9.59 Å². The monoisotopic (exact) mass is 264 g/mol. The number of rotatable bonds is 6. The van der Waals surface area contributed by atoms with Crippen LogP contribution in [0, 0.1) is 0 Å². The summed E-state index contributed by atoms with van der Waals surface area (Å²) in [5.74, 6) is -0.00172. The van der Waals surface area contributed by atoms with Gasteiger partial charge in [-0.3, -0.25) is 9.59 Å². The zero-order valence-corrected chi connectivity index (χ0v) is 11.5. The molecular weight excluding hydrogens is 244 g/mol. The van der Waals surface area contributed by atoms with Gasteiger partial charge in [0, 0.05) is 19.3 Å². The highest BCUT2D eigenvalue weighted by molar-refractivity contribution is 6.00. The third kappa shape index (κ3) is 4.24. The number of pyridine rings is 1. The highest BCUT2D eigenvalue weighted by atomic mass is 16.2. The zero-order chi connectivity index (χ0) is 14.3. The quantitative estimate of drug-likeness (QED) is 0.708. The predicted octanol–water partition coefficient (Wildman–Crippen LogP) is 0.768. The van der Waals surface area contributed by atoms with Crippen LogP contribution >= 0.6 is 0 Å². The molecule has 19 heavy (non-hydrogen) atoms. The molecule has 3 N–H and O–H groups in total. The van der Waals surface area contributed by atoms with Crippen LogP contribution in [-0.4, -0.2) is 35.9 Å². The summed E-state index contributed by atoms with van der Waals surface area (Å²) in [6.07, 6.45) is 1.61. The van der Waals surface area contributed by atoms with Gasteiger partial charge in [-0.2, -0.15) is 0 Å². The first kappa shape index (κ1) is 14.9. The highest BCUT2D eigenvalue weighted by Gasteiger charge is 2.18. The first-order valence-corrected chi connectivity index (χ1v) is 6.37. The van der Waals surface area contributed by atoms with Crippen molar-refractivity contribution in [2.75, 3.05) is 18.4 Å². The summed E-state index contributed by atoms with van der Waals surface area (Å²) >= 11 is 0. The Morgan fingerprint density at radius 1 is 1.32 bits per heavy atom. The second-order valence-electron chi connectivity index (χ2n) is 4.02. The number of likely N-dealkylation sites (N-methyl/N-ethyl adjacent to an activating group) is 1. The number of anilines is 1. The van der Waals surface area contributed by atoms with E-state index in [1.54, 1.807) is 25.3 Å². The Hall–Kier alpha value is -2.11. The molecule has 0 bridgehead atoms. The largest absolute Gasteiger partial charge is 0.370 e. The summed E-state index contributed by atoms with van der Waals surface area (Å²) in [6.45, 7) is 6.61. The third-order valence-electron chi connectivity index (χ3n) is 2.49. The van der Waals surface area contributed by atoms with Crippen molar-refractivity contribution in [2.24, 2.45) is 0 Å². The lowest BCUT2D eigenvalue weighted by Crippen LogP contribution is -2.44. The molecule has 0 fully saturated rings. The number of hydrogen-bond acceptors (Lipinski definition) is 4. The first-order chi connectivity index (χ1) is 9.10. The van der Waals surface area contributed by atoms with Crippen LogP contribution in [0.2, 0.25) is 0 Å². The van der Waals surface area contributed by atoms with Crippen LogP contribution in [0.3, 0.4) is 0 Å². The van der Waals surface area contributed by atoms with Crippen molar-refractivity contribution >= 4 is 17.6 Å². The van der Waals surface area contributed by atoms with Crippen molar-refractivity contribution in [3.05, 3.63) is 23.9 Å². The molecule has 0 aromatic carbocycles. The predicted molar refractivity (Wildman–Crippen MR) is 74.0 cm³/mol. The van der Waals surface area contributed by atoms with Crippen LogP contribution in [0.15, 0.2) is 18.3 Å². The fourth-order valence-corrected chi connectivity index (χ4v) is 1.56. The summed E-state index contributed by atoms with van der Waals surface area (Å²) in [7, 11) is 0. The molecular formula is C13H20N4O2. The smallest absolute Gasteiger partial charge is 0.255 e. The van der Waals surface area contributed by atoms with Crippen molar-refractivity contribution < 1.29 is 9.59 Å². The van der Waals surface area contributed by atoms with Crippen LogP contribution < -0.4 is 16.0 Å². The summed E-state index contributed by atoms with van der Waals surface area (Å²) in [6, 6.07) is 2.78. The molecule has 1 aromatic rings. The second kappa shape index (κ2) is 7.35. The van der Waals surface area contributed by atoms with Crippen molar-refractivity contribution in [1.82, 2.24) is 15.6 Å². The molecule has 6 heteroatoms. The number of nitrogens with zero attached hydrogens (tertiary/aromatic N) is 1. The van der Waals surface area contributed by atoms with Crippen LogP contribution in [0.4, 0.5) is 5.82 Å². The zero-order valence-electron chi connectivity index (χ0n) is 11.5. The van der Waals surface area contributed by atoms with Crippen LogP contribution in [0.1, 0.15) is 31.1 Å². The van der Waals surface area contributed by atoms with Gasteiger partial charge in [0.1, 0.15) is 11.9 Å². The van der Waals surface area contributed by atoms with Gasteiger partial charge < -0.3 is 16.0 Å². The number of hydrogen-bond donors (Lipinski definition) is 3. The SMILES string of the molecule is CCNC(=O)C(C)NC(=O)c1cccnc1NCC. The van der Waals surface area contributed by atoms with Gasteiger partial charge in [0.05, 0.1) is 5.56 Å². The molecule has 0 spiro atoms. The lowest BCUT2D eigenvalue weighted by atomic mass is 10.2. The molecule has 0 aliphatic rings. The molecule has 2 amide bonds. The average Bonchev–Trinajstić information content (AvgIpc) is 2.39. The molecule has 1 aromatic heterocycles. The van der Waals surface area contributed by atoms with Gasteiger partial charge in [-0.1, -0.05) is 0 Å². The van der Waals surface area contributed by atoms with E-state index in [-0.39, 0.29) is 11.8 Å². The van der Waals surface area contributed by atoms with E-state index in [1.165, 1.54) is 0 Å². The lowest BCUT2D eigenvalue weighted by Gasteiger charge is -2.14. The molecule has 6 nitrogen and oxygen atoms in total. The molecule has 1 unspecified atom stereocenters. The Kier molecular flexibility index (Phi) is 5.78. The number of carbonyl (C=O) groups excluding carboxylic acids is 2. The van der Waals surface area contributed by atoms with Gasteiger partial charge in [-0.15, -0.1) is 0 Å². The topological polar surface area (TPSA) is 83.1 Å². The number of amides is 2. The Morgan fingerprint density at radius 3 is 2.68 bits per heavy atom. The molecule has 0 aliphatic heterocycles. The van der Waals surface area contributed by atoms with Gasteiger partial charge in [0.2, 0.25) is 5.91 Å². The summed E-state index contributed by atoms with van der Waals surface area (Å²) in [5.41, 5.74) is 0.431. The molecule has 1 atom stereocenters. The van der Waals surface area contributed by atoms with E-state index < -0.39 is 6.04 Å². The molecule has 0 saturated heterocycles. The number of aromatic nitrogens is 1. The van der Waals surface area contributed by atoms with Crippen molar-refractivity contribution in [2.45, 2.75) is 26.8 Å². The highest BCUT2D eigenvalue weighted by Crippen LogP contribution is 2.11. The van der Waals surface area contributed by atoms with Crippen LogP contribution in [-0.2, 0) is 4.79 Å². The molecule has 0 aliphatic carbocycles. The lowest BCUT2D eigenvalue weighted by molar-refractivity contribution is -0.122. The van der Waals surface area contributed by atoms with E-state index in [2.05, 4.69) is 20.9 Å². The molecule has 104 valence electrons. The van der Waals surface area contributed by atoms with E-state index >= 15 is 0 Å². The van der Waals surface area contributed by atoms with E-state index in [0.717, 1.165) is 0 Å². The van der Waals surface area contributed by atoms with Gasteiger partial charge in [0.25, 0.3) is 5.91 Å². The normalized spacial score (nSPS) is 11.5. The summed E-state index contributed by atoms with van der Waals surface area (Å²) in [5, 5.41) is 8.32. The minimum Gasteiger partial charge on any atom is -0.370 e. The second-order valence-corrected chi connectivity index (χ2v) is 4.02. The Balaban J connectivity index is 2.75. The van der Waals surface area contributed by atoms with Gasteiger partial charge >= 0.3 is 0 Å². The Labute approximate surface area is 113 Å². The van der Waals surface area contributed by atoms with E-state index in [0.29, 0.717) is 24.5 Å². The maximum atomic E-state index is 12.1. The van der Waals surface area contributed by atoms with Crippen LogP contribution in [0.5, 0.6) is 0 Å². The van der Waals surface area contributed by atoms with Gasteiger partial charge in [-0.25, -0.2) is 4.98 Å². The molecule has 0 saturated carbocycles. The average molecular weight is 264 g/mol. The van der Waals surface area contributed by atoms with Crippen molar-refractivity contribution in [3.63, 3.8) is 0 Å². The van der Waals surface area contributed by atoms with E-state index in [4.69, 9.17) is 0 Å². The van der Waals surface area contributed by atoms with Crippen LogP contribution in [0.25, 0.3) is 0 Å². The third-order valence-corrected chi connectivity index (χ3v) is 2.49. The number of nitrogens with one attached hydrogen (secondary N) is 3. The Bertz CT molecular complexity index is 448. The fraction of sp³-hybridized carbons (Fsp3) is 0.462. The standard InChI is InChI=1S/C13H20N4O2/c1-4-14-11-10(7-6-8-16-11)13(19)17-9(3)12(18)15-5-2/h6-9H,4-5H2,1-3H3,(H,14,16)(H,15,18)(H,17,19). The summed E-state index contributed by atoms with van der Waals surface area (Å²) in [4.78, 5) is 27.8.